The summed E-state index contributed by atoms with van der Waals surface area (Å²) in [4.78, 5) is 15.5. The van der Waals surface area contributed by atoms with Gasteiger partial charge in [0.25, 0.3) is 0 Å². The second kappa shape index (κ2) is 10.8. The van der Waals surface area contributed by atoms with Gasteiger partial charge in [-0.1, -0.05) is 0 Å². The molecule has 0 saturated heterocycles. The predicted octanol–water partition coefficient (Wildman–Crippen LogP) is 1.69. The van der Waals surface area contributed by atoms with Gasteiger partial charge in [-0.2, -0.15) is 0 Å². The lowest BCUT2D eigenvalue weighted by Crippen LogP contribution is -2.28. The van der Waals surface area contributed by atoms with Crippen molar-refractivity contribution < 1.29 is 4.79 Å². The Hall–Kier alpha value is -0.360. The Morgan fingerprint density at radius 2 is 2.24 bits per heavy atom. The molecule has 1 aromatic heterocycles. The van der Waals surface area contributed by atoms with Gasteiger partial charge in [-0.05, 0) is 19.8 Å². The molecule has 1 aromatic rings. The van der Waals surface area contributed by atoms with Crippen molar-refractivity contribution in [1.29, 1.82) is 0 Å². The first kappa shape index (κ1) is 19.0. The van der Waals surface area contributed by atoms with E-state index in [1.807, 2.05) is 12.3 Å². The van der Waals surface area contributed by atoms with Gasteiger partial charge in [0.15, 0.2) is 0 Å². The van der Waals surface area contributed by atoms with Crippen LogP contribution in [0.4, 0.5) is 0 Å². The zero-order chi connectivity index (χ0) is 11.1. The molecule has 0 aliphatic rings. The highest BCUT2D eigenvalue weighted by atomic mass is 35.5. The molecule has 0 bridgehead atoms. The standard InChI is InChI=1S/C10H17N3OS.2ClH/c1-8-13-9(7-15-8)3-2-4-10(14)12-6-5-11;;/h7H,2-6,11H2,1H3,(H,12,14);2*1H. The molecule has 0 unspecified atom stereocenters. The number of aromatic nitrogens is 1. The average molecular weight is 300 g/mol. The number of nitrogens with one attached hydrogen (secondary N) is 1. The Balaban J connectivity index is 0. The van der Waals surface area contributed by atoms with E-state index in [9.17, 15) is 4.79 Å². The summed E-state index contributed by atoms with van der Waals surface area (Å²) in [5.41, 5.74) is 6.36. The molecule has 0 aliphatic heterocycles. The number of nitrogens with two attached hydrogens (primary N) is 1. The number of halogens is 2. The zero-order valence-electron chi connectivity index (χ0n) is 9.77. The van der Waals surface area contributed by atoms with E-state index in [0.29, 0.717) is 19.5 Å². The van der Waals surface area contributed by atoms with E-state index >= 15 is 0 Å². The quantitative estimate of drug-likeness (QED) is 0.840. The van der Waals surface area contributed by atoms with Crippen LogP contribution >= 0.6 is 36.2 Å². The molecule has 7 heteroatoms. The highest BCUT2D eigenvalue weighted by molar-refractivity contribution is 7.09. The lowest BCUT2D eigenvalue weighted by molar-refractivity contribution is -0.121. The molecule has 0 atom stereocenters. The van der Waals surface area contributed by atoms with E-state index in [4.69, 9.17) is 5.73 Å². The fourth-order valence-electron chi connectivity index (χ4n) is 1.25. The number of rotatable bonds is 6. The summed E-state index contributed by atoms with van der Waals surface area (Å²) in [6.07, 6.45) is 2.27. The van der Waals surface area contributed by atoms with Crippen molar-refractivity contribution in [2.24, 2.45) is 5.73 Å². The normalized spacial score (nSPS) is 9.06. The first-order valence-electron chi connectivity index (χ1n) is 5.10. The molecule has 1 rings (SSSR count). The van der Waals surface area contributed by atoms with Crippen molar-refractivity contribution >= 4 is 42.1 Å². The summed E-state index contributed by atoms with van der Waals surface area (Å²) < 4.78 is 0. The first-order valence-corrected chi connectivity index (χ1v) is 5.98. The summed E-state index contributed by atoms with van der Waals surface area (Å²) in [5, 5.41) is 5.87. The van der Waals surface area contributed by atoms with E-state index in [1.54, 1.807) is 11.3 Å². The Bertz CT molecular complexity index is 320. The van der Waals surface area contributed by atoms with Gasteiger partial charge >= 0.3 is 0 Å². The van der Waals surface area contributed by atoms with Crippen molar-refractivity contribution in [3.05, 3.63) is 16.1 Å². The Morgan fingerprint density at radius 1 is 1.53 bits per heavy atom. The van der Waals surface area contributed by atoms with E-state index in [-0.39, 0.29) is 30.7 Å². The number of aryl methyl sites for hydroxylation is 2. The van der Waals surface area contributed by atoms with Crippen LogP contribution in [0.25, 0.3) is 0 Å². The van der Waals surface area contributed by atoms with Crippen LogP contribution < -0.4 is 11.1 Å². The predicted molar refractivity (Wildman–Crippen MR) is 76.3 cm³/mol. The van der Waals surface area contributed by atoms with Gasteiger partial charge in [0.05, 0.1) is 10.7 Å². The largest absolute Gasteiger partial charge is 0.355 e. The number of carbonyl (C=O) groups excluding carboxylic acids is 1. The molecule has 0 aliphatic carbocycles. The fourth-order valence-corrected chi connectivity index (χ4v) is 1.90. The topological polar surface area (TPSA) is 68.0 Å². The van der Waals surface area contributed by atoms with E-state index < -0.39 is 0 Å². The van der Waals surface area contributed by atoms with Crippen LogP contribution in [-0.2, 0) is 11.2 Å². The molecule has 0 fully saturated rings. The molecule has 3 N–H and O–H groups in total. The lowest BCUT2D eigenvalue weighted by atomic mass is 10.2. The molecule has 0 saturated carbocycles. The lowest BCUT2D eigenvalue weighted by Gasteiger charge is -2.01. The number of hydrogen-bond acceptors (Lipinski definition) is 4. The zero-order valence-corrected chi connectivity index (χ0v) is 12.2. The summed E-state index contributed by atoms with van der Waals surface area (Å²) in [7, 11) is 0. The summed E-state index contributed by atoms with van der Waals surface area (Å²) in [5.74, 6) is 0.0763. The highest BCUT2D eigenvalue weighted by Crippen LogP contribution is 2.10. The van der Waals surface area contributed by atoms with Crippen LogP contribution in [0.15, 0.2) is 5.38 Å². The van der Waals surface area contributed by atoms with Gasteiger partial charge in [-0.25, -0.2) is 4.98 Å². The Morgan fingerprint density at radius 3 is 2.76 bits per heavy atom. The molecule has 1 amide bonds. The third-order valence-electron chi connectivity index (χ3n) is 1.97. The number of nitrogens with zero attached hydrogens (tertiary/aromatic N) is 1. The van der Waals surface area contributed by atoms with E-state index in [2.05, 4.69) is 10.3 Å². The van der Waals surface area contributed by atoms with Crippen LogP contribution in [0.5, 0.6) is 0 Å². The molecule has 4 nitrogen and oxygen atoms in total. The van der Waals surface area contributed by atoms with Crippen molar-refractivity contribution in [1.82, 2.24) is 10.3 Å². The smallest absolute Gasteiger partial charge is 0.220 e. The van der Waals surface area contributed by atoms with Gasteiger partial charge in [0, 0.05) is 24.9 Å². The fraction of sp³-hybridized carbons (Fsp3) is 0.600. The van der Waals surface area contributed by atoms with Crippen molar-refractivity contribution in [2.45, 2.75) is 26.2 Å². The SMILES string of the molecule is Cc1nc(CCCC(=O)NCCN)cs1.Cl.Cl. The molecular weight excluding hydrogens is 281 g/mol. The summed E-state index contributed by atoms with van der Waals surface area (Å²) in [6, 6.07) is 0. The minimum Gasteiger partial charge on any atom is -0.355 e. The van der Waals surface area contributed by atoms with Crippen LogP contribution in [0.3, 0.4) is 0 Å². The van der Waals surface area contributed by atoms with E-state index in [0.717, 1.165) is 23.5 Å². The minimum atomic E-state index is 0. The highest BCUT2D eigenvalue weighted by Gasteiger charge is 2.02. The van der Waals surface area contributed by atoms with Crippen LogP contribution in [0, 0.1) is 6.92 Å². The van der Waals surface area contributed by atoms with Crippen molar-refractivity contribution in [2.75, 3.05) is 13.1 Å². The molecule has 0 aromatic carbocycles. The molecule has 1 heterocycles. The third-order valence-corrected chi connectivity index (χ3v) is 2.79. The van der Waals surface area contributed by atoms with Gasteiger partial charge in [0.2, 0.25) is 5.91 Å². The maximum Gasteiger partial charge on any atom is 0.220 e. The van der Waals surface area contributed by atoms with Crippen molar-refractivity contribution in [3.8, 4) is 0 Å². The monoisotopic (exact) mass is 299 g/mol. The van der Waals surface area contributed by atoms with Crippen LogP contribution in [-0.4, -0.2) is 24.0 Å². The van der Waals surface area contributed by atoms with Gasteiger partial charge in [-0.3, -0.25) is 4.79 Å². The second-order valence-corrected chi connectivity index (χ2v) is 4.41. The number of thiazole rings is 1. The van der Waals surface area contributed by atoms with Gasteiger partial charge in [-0.15, -0.1) is 36.2 Å². The van der Waals surface area contributed by atoms with Gasteiger partial charge in [0.1, 0.15) is 0 Å². The number of hydrogen-bond donors (Lipinski definition) is 2. The molecule has 0 spiro atoms. The molecule has 17 heavy (non-hydrogen) atoms. The Labute approximate surface area is 118 Å². The summed E-state index contributed by atoms with van der Waals surface area (Å²) in [6.45, 7) is 3.05. The van der Waals surface area contributed by atoms with Crippen LogP contribution in [0.2, 0.25) is 0 Å². The summed E-state index contributed by atoms with van der Waals surface area (Å²) >= 11 is 1.65. The van der Waals surface area contributed by atoms with E-state index in [1.165, 1.54) is 0 Å². The third kappa shape index (κ3) is 8.37. The maximum atomic E-state index is 11.2. The minimum absolute atomic E-state index is 0. The Kier molecular flexibility index (Phi) is 12.0. The van der Waals surface area contributed by atoms with Gasteiger partial charge < -0.3 is 11.1 Å². The number of carbonyl (C=O) groups is 1. The first-order chi connectivity index (χ1) is 7.22. The average Bonchev–Trinajstić information content (AvgIpc) is 2.61. The molecule has 100 valence electrons. The number of amides is 1. The maximum absolute atomic E-state index is 11.2. The van der Waals surface area contributed by atoms with Crippen LogP contribution in [0.1, 0.15) is 23.5 Å². The molecule has 0 radical (unpaired) electrons. The molecular formula is C10H19Cl2N3OS. The second-order valence-electron chi connectivity index (χ2n) is 3.35. The van der Waals surface area contributed by atoms with Crippen molar-refractivity contribution in [3.63, 3.8) is 0 Å².